The Morgan fingerprint density at radius 2 is 2.42 bits per heavy atom. The highest BCUT2D eigenvalue weighted by Gasteiger charge is 2.21. The van der Waals surface area contributed by atoms with Crippen LogP contribution in [-0.2, 0) is 4.79 Å². The van der Waals surface area contributed by atoms with E-state index >= 15 is 0 Å². The number of hydrogen-bond acceptors (Lipinski definition) is 3. The third kappa shape index (κ3) is 3.65. The molecule has 1 unspecified atom stereocenters. The van der Waals surface area contributed by atoms with Gasteiger partial charge in [-0.3, -0.25) is 4.79 Å². The van der Waals surface area contributed by atoms with Gasteiger partial charge in [-0.15, -0.1) is 6.42 Å². The summed E-state index contributed by atoms with van der Waals surface area (Å²) in [5.74, 6) is 2.53. The van der Waals surface area contributed by atoms with Crippen LogP contribution in [0.1, 0.15) is 6.92 Å². The summed E-state index contributed by atoms with van der Waals surface area (Å²) >= 11 is 1.41. The number of carbonyl (C=O) groups is 1. The first kappa shape index (κ1) is 11.3. The minimum absolute atomic E-state index is 0.156. The molecule has 0 aromatic rings. The van der Waals surface area contributed by atoms with Gasteiger partial charge in [0.15, 0.2) is 0 Å². The molecule has 0 heterocycles. The molecule has 0 bridgehead atoms. The molecule has 3 nitrogen and oxygen atoms in total. The Kier molecular flexibility index (Phi) is 4.79. The molecule has 0 aromatic carbocycles. The fraction of sp³-hybridized carbons (Fsp3) is 0.625. The van der Waals surface area contributed by atoms with Gasteiger partial charge in [-0.1, -0.05) is 5.92 Å². The van der Waals surface area contributed by atoms with Crippen LogP contribution in [0, 0.1) is 12.3 Å². The predicted octanol–water partition coefficient (Wildman–Crippen LogP) is -0.150. The van der Waals surface area contributed by atoms with Crippen molar-refractivity contribution < 1.29 is 9.90 Å². The Balaban J connectivity index is 4.05. The lowest BCUT2D eigenvalue weighted by atomic mass is 10.1. The molecule has 1 amide bonds. The maximum absolute atomic E-state index is 11.0. The third-order valence-corrected chi connectivity index (χ3v) is 1.88. The van der Waals surface area contributed by atoms with Crippen molar-refractivity contribution in [2.75, 3.05) is 18.6 Å². The SMILES string of the molecule is C#CC(C)(CO)NC(=O)CSC. The van der Waals surface area contributed by atoms with Crippen molar-refractivity contribution in [3.05, 3.63) is 0 Å². The quantitative estimate of drug-likeness (QED) is 0.602. The number of rotatable bonds is 4. The van der Waals surface area contributed by atoms with E-state index in [4.69, 9.17) is 11.5 Å². The molecule has 0 fully saturated rings. The van der Waals surface area contributed by atoms with E-state index in [0.29, 0.717) is 5.75 Å². The average molecular weight is 187 g/mol. The van der Waals surface area contributed by atoms with Crippen LogP contribution in [0.25, 0.3) is 0 Å². The van der Waals surface area contributed by atoms with Crippen molar-refractivity contribution in [2.45, 2.75) is 12.5 Å². The van der Waals surface area contributed by atoms with Crippen LogP contribution in [0.2, 0.25) is 0 Å². The van der Waals surface area contributed by atoms with E-state index in [9.17, 15) is 4.79 Å². The third-order valence-electron chi connectivity index (χ3n) is 1.33. The second-order valence-electron chi connectivity index (χ2n) is 2.62. The largest absolute Gasteiger partial charge is 0.393 e. The zero-order chi connectivity index (χ0) is 9.61. The molecule has 12 heavy (non-hydrogen) atoms. The van der Waals surface area contributed by atoms with Crippen LogP contribution in [0.15, 0.2) is 0 Å². The second kappa shape index (κ2) is 5.07. The summed E-state index contributed by atoms with van der Waals surface area (Å²) in [7, 11) is 0. The number of amides is 1. The topological polar surface area (TPSA) is 49.3 Å². The first-order valence-electron chi connectivity index (χ1n) is 3.46. The van der Waals surface area contributed by atoms with Crippen LogP contribution >= 0.6 is 11.8 Å². The van der Waals surface area contributed by atoms with Crippen molar-refractivity contribution in [1.29, 1.82) is 0 Å². The molecule has 68 valence electrons. The number of aliphatic hydroxyl groups is 1. The molecule has 0 radical (unpaired) electrons. The molecule has 0 spiro atoms. The standard InChI is InChI=1S/C8H13NO2S/c1-4-8(2,6-10)9-7(11)5-12-3/h1,10H,5-6H2,2-3H3,(H,9,11). The average Bonchev–Trinajstić information content (AvgIpc) is 2.05. The molecular weight excluding hydrogens is 174 g/mol. The van der Waals surface area contributed by atoms with Crippen LogP contribution in [0.4, 0.5) is 0 Å². The smallest absolute Gasteiger partial charge is 0.231 e. The van der Waals surface area contributed by atoms with Gasteiger partial charge < -0.3 is 10.4 Å². The van der Waals surface area contributed by atoms with Gasteiger partial charge >= 0.3 is 0 Å². The number of carbonyl (C=O) groups excluding carboxylic acids is 1. The lowest BCUT2D eigenvalue weighted by Crippen LogP contribution is -2.48. The molecule has 4 heteroatoms. The van der Waals surface area contributed by atoms with Gasteiger partial charge in [0.2, 0.25) is 5.91 Å². The number of thioether (sulfide) groups is 1. The van der Waals surface area contributed by atoms with Crippen molar-refractivity contribution in [1.82, 2.24) is 5.32 Å². The van der Waals surface area contributed by atoms with Crippen LogP contribution in [0.3, 0.4) is 0 Å². The lowest BCUT2D eigenvalue weighted by molar-refractivity contribution is -0.120. The van der Waals surface area contributed by atoms with Crippen molar-refractivity contribution in [3.8, 4) is 12.3 Å². The van der Waals surface area contributed by atoms with Crippen molar-refractivity contribution >= 4 is 17.7 Å². The Morgan fingerprint density at radius 1 is 1.83 bits per heavy atom. The van der Waals surface area contributed by atoms with Gasteiger partial charge in [0.25, 0.3) is 0 Å². The van der Waals surface area contributed by atoms with Crippen molar-refractivity contribution in [2.24, 2.45) is 0 Å². The Labute approximate surface area is 76.9 Å². The summed E-state index contributed by atoms with van der Waals surface area (Å²) in [6.07, 6.45) is 6.96. The van der Waals surface area contributed by atoms with Crippen LogP contribution in [-0.4, -0.2) is 35.2 Å². The van der Waals surface area contributed by atoms with Gasteiger partial charge in [0.05, 0.1) is 12.4 Å². The molecule has 0 aliphatic heterocycles. The number of aliphatic hydroxyl groups excluding tert-OH is 1. The molecular formula is C8H13NO2S. The van der Waals surface area contributed by atoms with E-state index in [1.165, 1.54) is 11.8 Å². The summed E-state index contributed by atoms with van der Waals surface area (Å²) in [5, 5.41) is 11.4. The van der Waals surface area contributed by atoms with E-state index in [-0.39, 0.29) is 12.5 Å². The van der Waals surface area contributed by atoms with Gasteiger partial charge in [-0.05, 0) is 13.2 Å². The Bertz CT molecular complexity index is 200. The highest BCUT2D eigenvalue weighted by molar-refractivity contribution is 7.99. The predicted molar refractivity (Wildman–Crippen MR) is 50.8 cm³/mol. The summed E-state index contributed by atoms with van der Waals surface area (Å²) in [6.45, 7) is 1.36. The summed E-state index contributed by atoms with van der Waals surface area (Å²) in [5.41, 5.74) is -0.924. The number of nitrogens with one attached hydrogen (secondary N) is 1. The van der Waals surface area contributed by atoms with Gasteiger partial charge in [-0.2, -0.15) is 11.8 Å². The Morgan fingerprint density at radius 3 is 2.75 bits per heavy atom. The normalized spacial score (nSPS) is 14.5. The maximum Gasteiger partial charge on any atom is 0.231 e. The lowest BCUT2D eigenvalue weighted by Gasteiger charge is -2.21. The molecule has 0 saturated heterocycles. The van der Waals surface area contributed by atoms with Gasteiger partial charge in [0.1, 0.15) is 5.54 Å². The van der Waals surface area contributed by atoms with Crippen LogP contribution in [0.5, 0.6) is 0 Å². The number of hydrogen-bond donors (Lipinski definition) is 2. The molecule has 2 N–H and O–H groups in total. The molecule has 0 aromatic heterocycles. The summed E-state index contributed by atoms with van der Waals surface area (Å²) < 4.78 is 0. The zero-order valence-corrected chi connectivity index (χ0v) is 8.07. The first-order valence-corrected chi connectivity index (χ1v) is 4.86. The van der Waals surface area contributed by atoms with E-state index in [1.54, 1.807) is 6.92 Å². The second-order valence-corrected chi connectivity index (χ2v) is 3.48. The van der Waals surface area contributed by atoms with E-state index in [2.05, 4.69) is 11.2 Å². The molecule has 1 atom stereocenters. The summed E-state index contributed by atoms with van der Waals surface area (Å²) in [4.78, 5) is 11.0. The first-order chi connectivity index (χ1) is 5.58. The Hall–Kier alpha value is -0.660. The van der Waals surface area contributed by atoms with E-state index in [1.807, 2.05) is 6.26 Å². The molecule has 0 aliphatic carbocycles. The van der Waals surface area contributed by atoms with E-state index < -0.39 is 5.54 Å². The number of terminal acetylenes is 1. The van der Waals surface area contributed by atoms with E-state index in [0.717, 1.165) is 0 Å². The molecule has 0 aliphatic rings. The minimum Gasteiger partial charge on any atom is -0.393 e. The monoisotopic (exact) mass is 187 g/mol. The minimum atomic E-state index is -0.924. The molecule has 0 saturated carbocycles. The highest BCUT2D eigenvalue weighted by Crippen LogP contribution is 2.00. The van der Waals surface area contributed by atoms with Gasteiger partial charge in [-0.25, -0.2) is 0 Å². The fourth-order valence-corrected chi connectivity index (χ4v) is 0.931. The van der Waals surface area contributed by atoms with Crippen molar-refractivity contribution in [3.63, 3.8) is 0 Å². The van der Waals surface area contributed by atoms with Crippen LogP contribution < -0.4 is 5.32 Å². The molecule has 0 rings (SSSR count). The fourth-order valence-electron chi connectivity index (χ4n) is 0.596. The zero-order valence-electron chi connectivity index (χ0n) is 7.26. The summed E-state index contributed by atoms with van der Waals surface area (Å²) in [6, 6.07) is 0. The highest BCUT2D eigenvalue weighted by atomic mass is 32.2. The maximum atomic E-state index is 11.0. The van der Waals surface area contributed by atoms with Gasteiger partial charge in [0, 0.05) is 0 Å².